The number of rotatable bonds is 0. The number of nitrogens with one attached hydrogen (secondary N) is 1. The second kappa shape index (κ2) is 3.32. The molecule has 0 aromatic heterocycles. The number of carbonyl (C=O) groups is 1. The molecule has 3 nitrogen and oxygen atoms in total. The lowest BCUT2D eigenvalue weighted by Gasteiger charge is -2.27. The van der Waals surface area contributed by atoms with E-state index >= 15 is 0 Å². The highest BCUT2D eigenvalue weighted by molar-refractivity contribution is 9.10. The van der Waals surface area contributed by atoms with Crippen molar-refractivity contribution in [1.82, 2.24) is 5.32 Å². The summed E-state index contributed by atoms with van der Waals surface area (Å²) in [6.07, 6.45) is 1.01. The minimum absolute atomic E-state index is 0.0240. The van der Waals surface area contributed by atoms with E-state index < -0.39 is 0 Å². The third-order valence-electron chi connectivity index (χ3n) is 2.98. The molecule has 1 aliphatic carbocycles. The Kier molecular flexibility index (Phi) is 2.07. The lowest BCUT2D eigenvalue weighted by molar-refractivity contribution is -0.136. The average molecular weight is 268 g/mol. The van der Waals surface area contributed by atoms with Crippen LogP contribution in [-0.2, 0) is 16.0 Å². The van der Waals surface area contributed by atoms with Gasteiger partial charge in [-0.3, -0.25) is 4.79 Å². The molecule has 0 radical (unpaired) electrons. The summed E-state index contributed by atoms with van der Waals surface area (Å²) in [4.78, 5) is 11.3. The Morgan fingerprint density at radius 1 is 1.47 bits per heavy atom. The zero-order chi connectivity index (χ0) is 10.4. The standard InChI is InChI=1S/C11H10BrNO2/c12-7-2-1-6-3-9-11(8(6)4-7)13-10(14)5-15-9/h1-2,4,9,11H,3,5H2,(H,13,14). The van der Waals surface area contributed by atoms with Gasteiger partial charge in [-0.15, -0.1) is 0 Å². The lowest BCUT2D eigenvalue weighted by Crippen LogP contribution is -2.43. The molecule has 1 amide bonds. The Morgan fingerprint density at radius 2 is 2.33 bits per heavy atom. The first kappa shape index (κ1) is 9.36. The van der Waals surface area contributed by atoms with Crippen molar-refractivity contribution < 1.29 is 9.53 Å². The van der Waals surface area contributed by atoms with Gasteiger partial charge in [0.25, 0.3) is 0 Å². The topological polar surface area (TPSA) is 38.3 Å². The van der Waals surface area contributed by atoms with Crippen LogP contribution >= 0.6 is 15.9 Å². The Morgan fingerprint density at radius 3 is 3.20 bits per heavy atom. The molecule has 1 saturated heterocycles. The van der Waals surface area contributed by atoms with Crippen molar-refractivity contribution in [3.63, 3.8) is 0 Å². The molecule has 2 aliphatic rings. The van der Waals surface area contributed by atoms with Crippen LogP contribution in [0.4, 0.5) is 0 Å². The zero-order valence-electron chi connectivity index (χ0n) is 8.00. The van der Waals surface area contributed by atoms with Gasteiger partial charge in [-0.25, -0.2) is 0 Å². The number of halogens is 1. The van der Waals surface area contributed by atoms with Crippen LogP contribution in [0.15, 0.2) is 22.7 Å². The third-order valence-corrected chi connectivity index (χ3v) is 3.47. The van der Waals surface area contributed by atoms with E-state index in [-0.39, 0.29) is 24.7 Å². The van der Waals surface area contributed by atoms with Crippen LogP contribution in [0.2, 0.25) is 0 Å². The Bertz CT molecular complexity index is 433. The zero-order valence-corrected chi connectivity index (χ0v) is 9.58. The largest absolute Gasteiger partial charge is 0.366 e. The van der Waals surface area contributed by atoms with Gasteiger partial charge in [-0.2, -0.15) is 0 Å². The fourth-order valence-electron chi connectivity index (χ4n) is 2.30. The molecular weight excluding hydrogens is 258 g/mol. The maximum atomic E-state index is 11.3. The predicted octanol–water partition coefficient (Wildman–Crippen LogP) is 1.56. The second-order valence-corrected chi connectivity index (χ2v) is 4.86. The Labute approximate surface area is 95.9 Å². The Hall–Kier alpha value is -0.870. The van der Waals surface area contributed by atoms with Crippen molar-refractivity contribution in [2.24, 2.45) is 0 Å². The molecule has 1 heterocycles. The fraction of sp³-hybridized carbons (Fsp3) is 0.364. The monoisotopic (exact) mass is 267 g/mol. The van der Waals surface area contributed by atoms with E-state index in [1.54, 1.807) is 0 Å². The van der Waals surface area contributed by atoms with Gasteiger partial charge in [0, 0.05) is 10.9 Å². The molecule has 1 fully saturated rings. The van der Waals surface area contributed by atoms with Crippen LogP contribution in [-0.4, -0.2) is 18.6 Å². The summed E-state index contributed by atoms with van der Waals surface area (Å²) in [5.74, 6) is -0.0240. The second-order valence-electron chi connectivity index (χ2n) is 3.94. The van der Waals surface area contributed by atoms with Crippen molar-refractivity contribution in [3.8, 4) is 0 Å². The Balaban J connectivity index is 2.02. The van der Waals surface area contributed by atoms with Crippen LogP contribution in [0.3, 0.4) is 0 Å². The van der Waals surface area contributed by atoms with Crippen molar-refractivity contribution >= 4 is 21.8 Å². The van der Waals surface area contributed by atoms with Gasteiger partial charge in [0.1, 0.15) is 6.61 Å². The van der Waals surface area contributed by atoms with E-state index in [0.717, 1.165) is 10.9 Å². The van der Waals surface area contributed by atoms with E-state index in [0.29, 0.717) is 0 Å². The molecule has 1 N–H and O–H groups in total. The van der Waals surface area contributed by atoms with Crippen molar-refractivity contribution in [1.29, 1.82) is 0 Å². The van der Waals surface area contributed by atoms with Gasteiger partial charge in [0.05, 0.1) is 12.1 Å². The van der Waals surface area contributed by atoms with Gasteiger partial charge in [-0.1, -0.05) is 22.0 Å². The normalized spacial score (nSPS) is 28.2. The summed E-state index contributed by atoms with van der Waals surface area (Å²) in [6, 6.07) is 6.22. The van der Waals surface area contributed by atoms with Crippen LogP contribution in [0.25, 0.3) is 0 Å². The molecule has 0 spiro atoms. The number of fused-ring (bicyclic) bond motifs is 3. The SMILES string of the molecule is O=C1COC2Cc3ccc(Br)cc3C2N1. The van der Waals surface area contributed by atoms with Gasteiger partial charge < -0.3 is 10.1 Å². The first-order chi connectivity index (χ1) is 7.24. The first-order valence-electron chi connectivity index (χ1n) is 4.93. The van der Waals surface area contributed by atoms with Crippen LogP contribution < -0.4 is 5.32 Å². The molecule has 1 aromatic carbocycles. The third kappa shape index (κ3) is 1.48. The molecule has 0 bridgehead atoms. The molecule has 0 saturated carbocycles. The summed E-state index contributed by atoms with van der Waals surface area (Å²) in [5, 5.41) is 2.98. The summed E-state index contributed by atoms with van der Waals surface area (Å²) in [6.45, 7) is 0.191. The molecule has 2 unspecified atom stereocenters. The number of morpholine rings is 1. The molecular formula is C11H10BrNO2. The van der Waals surface area contributed by atoms with E-state index in [4.69, 9.17) is 4.74 Å². The van der Waals surface area contributed by atoms with Crippen molar-refractivity contribution in [2.75, 3.05) is 6.61 Å². The van der Waals surface area contributed by atoms with E-state index in [1.807, 2.05) is 6.07 Å². The molecule has 15 heavy (non-hydrogen) atoms. The molecule has 1 aliphatic heterocycles. The quantitative estimate of drug-likeness (QED) is 0.775. The number of ether oxygens (including phenoxy) is 1. The van der Waals surface area contributed by atoms with Gasteiger partial charge >= 0.3 is 0 Å². The van der Waals surface area contributed by atoms with E-state index in [9.17, 15) is 4.79 Å². The maximum absolute atomic E-state index is 11.3. The van der Waals surface area contributed by atoms with E-state index in [2.05, 4.69) is 33.4 Å². The lowest BCUT2D eigenvalue weighted by atomic mass is 10.1. The predicted molar refractivity (Wildman–Crippen MR) is 58.5 cm³/mol. The van der Waals surface area contributed by atoms with Crippen molar-refractivity contribution in [3.05, 3.63) is 33.8 Å². The minimum atomic E-state index is -0.0240. The summed E-state index contributed by atoms with van der Waals surface area (Å²) >= 11 is 3.44. The van der Waals surface area contributed by atoms with E-state index in [1.165, 1.54) is 11.1 Å². The molecule has 2 atom stereocenters. The van der Waals surface area contributed by atoms with Gasteiger partial charge in [0.2, 0.25) is 5.91 Å². The van der Waals surface area contributed by atoms with Crippen LogP contribution in [0.1, 0.15) is 17.2 Å². The van der Waals surface area contributed by atoms with Gasteiger partial charge in [0.15, 0.2) is 0 Å². The molecule has 4 heteroatoms. The highest BCUT2D eigenvalue weighted by atomic mass is 79.9. The molecule has 78 valence electrons. The number of amides is 1. The highest BCUT2D eigenvalue weighted by Crippen LogP contribution is 2.36. The first-order valence-corrected chi connectivity index (χ1v) is 5.72. The summed E-state index contributed by atoms with van der Waals surface area (Å²) < 4.78 is 6.55. The number of hydrogen-bond acceptors (Lipinski definition) is 2. The van der Waals surface area contributed by atoms with Gasteiger partial charge in [-0.05, 0) is 23.3 Å². The van der Waals surface area contributed by atoms with Crippen LogP contribution in [0, 0.1) is 0 Å². The smallest absolute Gasteiger partial charge is 0.246 e. The summed E-state index contributed by atoms with van der Waals surface area (Å²) in [7, 11) is 0. The fourth-order valence-corrected chi connectivity index (χ4v) is 2.68. The highest BCUT2D eigenvalue weighted by Gasteiger charge is 2.37. The maximum Gasteiger partial charge on any atom is 0.246 e. The van der Waals surface area contributed by atoms with Crippen LogP contribution in [0.5, 0.6) is 0 Å². The number of carbonyl (C=O) groups excluding carboxylic acids is 1. The van der Waals surface area contributed by atoms with Crippen molar-refractivity contribution in [2.45, 2.75) is 18.6 Å². The number of benzene rings is 1. The molecule has 3 rings (SSSR count). The molecule has 1 aromatic rings. The average Bonchev–Trinajstić information content (AvgIpc) is 2.56. The minimum Gasteiger partial charge on any atom is -0.366 e. The number of hydrogen-bond donors (Lipinski definition) is 1. The summed E-state index contributed by atoms with van der Waals surface area (Å²) in [5.41, 5.74) is 2.46.